The molecule has 0 aliphatic heterocycles. The van der Waals surface area contributed by atoms with E-state index in [4.69, 9.17) is 27.9 Å². The molecule has 0 N–H and O–H groups in total. The van der Waals surface area contributed by atoms with E-state index in [1.54, 1.807) is 25.3 Å². The van der Waals surface area contributed by atoms with Gasteiger partial charge in [-0.1, -0.05) is 11.6 Å². The van der Waals surface area contributed by atoms with Crippen LogP contribution in [-0.4, -0.2) is 7.11 Å². The second kappa shape index (κ2) is 6.02. The zero-order chi connectivity index (χ0) is 14.9. The third kappa shape index (κ3) is 2.92. The molecule has 0 radical (unpaired) electrons. The van der Waals surface area contributed by atoms with Crippen molar-refractivity contribution < 1.29 is 9.13 Å². The van der Waals surface area contributed by atoms with Gasteiger partial charge in [-0.3, -0.25) is 0 Å². The van der Waals surface area contributed by atoms with E-state index in [2.05, 4.69) is 0 Å². The molecule has 0 saturated heterocycles. The van der Waals surface area contributed by atoms with Gasteiger partial charge >= 0.3 is 0 Å². The van der Waals surface area contributed by atoms with E-state index in [1.165, 1.54) is 12.1 Å². The molecule has 0 aromatic heterocycles. The van der Waals surface area contributed by atoms with Crippen molar-refractivity contribution in [3.63, 3.8) is 0 Å². The summed E-state index contributed by atoms with van der Waals surface area (Å²) in [7, 11) is 1.58. The van der Waals surface area contributed by atoms with Crippen molar-refractivity contribution in [1.82, 2.24) is 0 Å². The van der Waals surface area contributed by atoms with E-state index in [0.717, 1.165) is 22.3 Å². The highest BCUT2D eigenvalue weighted by Gasteiger charge is 2.20. The zero-order valence-electron chi connectivity index (χ0n) is 11.5. The molecule has 2 aromatic rings. The summed E-state index contributed by atoms with van der Waals surface area (Å²) >= 11 is 12.6. The lowest BCUT2D eigenvalue weighted by Crippen LogP contribution is -2.03. The van der Waals surface area contributed by atoms with Crippen LogP contribution in [0.2, 0.25) is 5.02 Å². The molecule has 0 amide bonds. The summed E-state index contributed by atoms with van der Waals surface area (Å²) in [5.74, 6) is 0.406. The highest BCUT2D eigenvalue weighted by Crippen LogP contribution is 2.39. The largest absolute Gasteiger partial charge is 0.496 e. The molecular formula is C16H15Cl2FO. The molecule has 106 valence electrons. The van der Waals surface area contributed by atoms with Crippen LogP contribution in [0.1, 0.15) is 27.6 Å². The van der Waals surface area contributed by atoms with E-state index in [-0.39, 0.29) is 5.82 Å². The Kier molecular flexibility index (Phi) is 4.56. The molecular weight excluding hydrogens is 298 g/mol. The van der Waals surface area contributed by atoms with E-state index in [1.807, 2.05) is 13.8 Å². The first kappa shape index (κ1) is 15.1. The van der Waals surface area contributed by atoms with Gasteiger partial charge in [0.15, 0.2) is 0 Å². The Morgan fingerprint density at radius 1 is 1.10 bits per heavy atom. The molecule has 20 heavy (non-hydrogen) atoms. The van der Waals surface area contributed by atoms with E-state index in [0.29, 0.717) is 10.8 Å². The topological polar surface area (TPSA) is 9.23 Å². The van der Waals surface area contributed by atoms with Gasteiger partial charge in [-0.15, -0.1) is 11.6 Å². The predicted molar refractivity (Wildman–Crippen MR) is 81.6 cm³/mol. The average Bonchev–Trinajstić information content (AvgIpc) is 2.37. The number of halogens is 3. The lowest BCUT2D eigenvalue weighted by Gasteiger charge is -2.19. The lowest BCUT2D eigenvalue weighted by molar-refractivity contribution is 0.410. The molecule has 1 atom stereocenters. The van der Waals surface area contributed by atoms with Gasteiger partial charge in [0.2, 0.25) is 0 Å². The van der Waals surface area contributed by atoms with Crippen molar-refractivity contribution >= 4 is 23.2 Å². The number of benzene rings is 2. The third-order valence-corrected chi connectivity index (χ3v) is 3.97. The first-order valence-electron chi connectivity index (χ1n) is 6.18. The van der Waals surface area contributed by atoms with Gasteiger partial charge in [-0.25, -0.2) is 4.39 Å². The van der Waals surface area contributed by atoms with Crippen molar-refractivity contribution in [3.8, 4) is 5.75 Å². The molecule has 1 nitrogen and oxygen atoms in total. The van der Waals surface area contributed by atoms with Gasteiger partial charge in [-0.05, 0) is 60.9 Å². The van der Waals surface area contributed by atoms with Gasteiger partial charge < -0.3 is 4.74 Å². The van der Waals surface area contributed by atoms with Crippen LogP contribution >= 0.6 is 23.2 Å². The van der Waals surface area contributed by atoms with E-state index >= 15 is 0 Å². The van der Waals surface area contributed by atoms with Crippen LogP contribution < -0.4 is 4.74 Å². The SMILES string of the molecule is COc1ccc(Cl)cc1C(Cl)c1c(C)cc(F)cc1C. The molecule has 1 unspecified atom stereocenters. The molecule has 0 bridgehead atoms. The molecule has 2 rings (SSSR count). The second-order valence-electron chi connectivity index (χ2n) is 4.70. The Bertz CT molecular complexity index is 617. The first-order chi connectivity index (χ1) is 9.43. The third-order valence-electron chi connectivity index (χ3n) is 3.28. The van der Waals surface area contributed by atoms with Crippen LogP contribution in [0.5, 0.6) is 5.75 Å². The fourth-order valence-corrected chi connectivity index (χ4v) is 3.08. The smallest absolute Gasteiger partial charge is 0.123 e. The molecule has 0 aliphatic rings. The minimum Gasteiger partial charge on any atom is -0.496 e. The maximum atomic E-state index is 13.4. The van der Waals surface area contributed by atoms with Crippen LogP contribution in [0.3, 0.4) is 0 Å². The van der Waals surface area contributed by atoms with Gasteiger partial charge in [-0.2, -0.15) is 0 Å². The number of alkyl halides is 1. The number of rotatable bonds is 3. The highest BCUT2D eigenvalue weighted by molar-refractivity contribution is 6.31. The zero-order valence-corrected chi connectivity index (χ0v) is 13.0. The van der Waals surface area contributed by atoms with Gasteiger partial charge in [0.1, 0.15) is 11.6 Å². The number of ether oxygens (including phenoxy) is 1. The monoisotopic (exact) mass is 312 g/mol. The Labute approximate surface area is 128 Å². The van der Waals surface area contributed by atoms with Crippen molar-refractivity contribution in [2.75, 3.05) is 7.11 Å². The number of hydrogen-bond acceptors (Lipinski definition) is 1. The number of methoxy groups -OCH3 is 1. The Morgan fingerprint density at radius 2 is 1.70 bits per heavy atom. The molecule has 0 aliphatic carbocycles. The summed E-state index contributed by atoms with van der Waals surface area (Å²) in [6.07, 6.45) is 0. The van der Waals surface area contributed by atoms with Crippen LogP contribution in [0, 0.1) is 19.7 Å². The van der Waals surface area contributed by atoms with Gasteiger partial charge in [0, 0.05) is 10.6 Å². The molecule has 0 fully saturated rings. The Morgan fingerprint density at radius 3 is 2.25 bits per heavy atom. The standard InChI is InChI=1S/C16H15Cl2FO/c1-9-6-12(19)7-10(2)15(9)16(18)13-8-11(17)4-5-14(13)20-3/h4-8,16H,1-3H3. The van der Waals surface area contributed by atoms with Crippen molar-refractivity contribution in [2.24, 2.45) is 0 Å². The van der Waals surface area contributed by atoms with Gasteiger partial charge in [0.25, 0.3) is 0 Å². The Hall–Kier alpha value is -1.25. The van der Waals surface area contributed by atoms with Crippen molar-refractivity contribution in [2.45, 2.75) is 19.2 Å². The summed E-state index contributed by atoms with van der Waals surface area (Å²) in [6, 6.07) is 8.27. The van der Waals surface area contributed by atoms with E-state index in [9.17, 15) is 4.39 Å². The van der Waals surface area contributed by atoms with Crippen LogP contribution in [-0.2, 0) is 0 Å². The fourth-order valence-electron chi connectivity index (χ4n) is 2.38. The summed E-state index contributed by atoms with van der Waals surface area (Å²) in [6.45, 7) is 3.69. The highest BCUT2D eigenvalue weighted by atomic mass is 35.5. The maximum Gasteiger partial charge on any atom is 0.123 e. The van der Waals surface area contributed by atoms with Gasteiger partial charge in [0.05, 0.1) is 12.5 Å². The van der Waals surface area contributed by atoms with Crippen molar-refractivity contribution in [3.05, 3.63) is 63.4 Å². The minimum absolute atomic E-state index is 0.259. The predicted octanol–water partition coefficient (Wildman–Crippen LogP) is 5.43. The summed E-state index contributed by atoms with van der Waals surface area (Å²) in [5, 5.41) is 0.146. The molecule has 4 heteroatoms. The fraction of sp³-hybridized carbons (Fsp3) is 0.250. The molecule has 2 aromatic carbocycles. The summed E-state index contributed by atoms with van der Waals surface area (Å²) in [5.41, 5.74) is 3.28. The van der Waals surface area contributed by atoms with E-state index < -0.39 is 5.38 Å². The Balaban J connectivity index is 2.57. The first-order valence-corrected chi connectivity index (χ1v) is 6.99. The maximum absolute atomic E-state index is 13.4. The molecule has 0 saturated carbocycles. The normalized spacial score (nSPS) is 12.3. The summed E-state index contributed by atoms with van der Waals surface area (Å²) < 4.78 is 18.7. The van der Waals surface area contributed by atoms with Crippen molar-refractivity contribution in [1.29, 1.82) is 0 Å². The van der Waals surface area contributed by atoms with Crippen LogP contribution in [0.15, 0.2) is 30.3 Å². The summed E-state index contributed by atoms with van der Waals surface area (Å²) in [4.78, 5) is 0. The molecule has 0 heterocycles. The lowest BCUT2D eigenvalue weighted by atomic mass is 9.95. The van der Waals surface area contributed by atoms with Crippen LogP contribution in [0.25, 0.3) is 0 Å². The number of aryl methyl sites for hydroxylation is 2. The number of hydrogen-bond donors (Lipinski definition) is 0. The minimum atomic E-state index is -0.441. The quantitative estimate of drug-likeness (QED) is 0.686. The molecule has 0 spiro atoms. The second-order valence-corrected chi connectivity index (χ2v) is 5.57. The average molecular weight is 313 g/mol. The van der Waals surface area contributed by atoms with Crippen LogP contribution in [0.4, 0.5) is 4.39 Å².